The van der Waals surface area contributed by atoms with E-state index in [0.717, 1.165) is 20.4 Å². The first-order valence-corrected chi connectivity index (χ1v) is 4.57. The molecule has 0 atom stereocenters. The normalized spacial score (nSPS) is 10.5. The molecular formula is C10H10F3NO3. The van der Waals surface area contributed by atoms with Crippen molar-refractivity contribution in [2.24, 2.45) is 0 Å². The molecule has 0 aliphatic heterocycles. The van der Waals surface area contributed by atoms with Crippen molar-refractivity contribution >= 4 is 5.97 Å². The van der Waals surface area contributed by atoms with Gasteiger partial charge in [-0.15, -0.1) is 0 Å². The number of alkyl halides is 2. The van der Waals surface area contributed by atoms with Gasteiger partial charge in [0, 0.05) is 5.56 Å². The largest absolute Gasteiger partial charge is 0.495 e. The molecule has 0 N–H and O–H groups in total. The Morgan fingerprint density at radius 2 is 2.12 bits per heavy atom. The van der Waals surface area contributed by atoms with Crippen molar-refractivity contribution in [2.45, 2.75) is 12.8 Å². The highest BCUT2D eigenvalue weighted by Crippen LogP contribution is 2.32. The summed E-state index contributed by atoms with van der Waals surface area (Å²) in [6.07, 6.45) is -2.74. The molecule has 0 unspecified atom stereocenters. The van der Waals surface area contributed by atoms with Gasteiger partial charge in [0.1, 0.15) is 5.75 Å². The van der Waals surface area contributed by atoms with Gasteiger partial charge >= 0.3 is 5.97 Å². The van der Waals surface area contributed by atoms with Crippen molar-refractivity contribution in [3.63, 3.8) is 0 Å². The van der Waals surface area contributed by atoms with Crippen LogP contribution in [0.15, 0.2) is 6.20 Å². The summed E-state index contributed by atoms with van der Waals surface area (Å²) in [5.74, 6) is -2.23. The van der Waals surface area contributed by atoms with Gasteiger partial charge in [-0.25, -0.2) is 13.8 Å². The van der Waals surface area contributed by atoms with Crippen LogP contribution in [-0.4, -0.2) is 25.2 Å². The van der Waals surface area contributed by atoms with E-state index in [1.165, 1.54) is 0 Å². The van der Waals surface area contributed by atoms with Crippen LogP contribution in [0.5, 0.6) is 5.75 Å². The molecule has 0 aromatic carbocycles. The van der Waals surface area contributed by atoms with Crippen molar-refractivity contribution in [1.29, 1.82) is 0 Å². The lowest BCUT2D eigenvalue weighted by Crippen LogP contribution is -2.11. The quantitative estimate of drug-likeness (QED) is 0.604. The van der Waals surface area contributed by atoms with Gasteiger partial charge < -0.3 is 9.47 Å². The number of rotatable bonds is 4. The molecule has 4 nitrogen and oxygen atoms in total. The summed E-state index contributed by atoms with van der Waals surface area (Å²) in [6.45, 7) is 0. The highest BCUT2D eigenvalue weighted by atomic mass is 19.3. The van der Waals surface area contributed by atoms with Crippen molar-refractivity contribution in [1.82, 2.24) is 4.98 Å². The molecule has 0 aliphatic rings. The molecule has 0 aliphatic carbocycles. The molecule has 0 radical (unpaired) electrons. The van der Waals surface area contributed by atoms with Gasteiger partial charge in [-0.05, 0) is 0 Å². The fourth-order valence-electron chi connectivity index (χ4n) is 1.31. The number of methoxy groups -OCH3 is 2. The van der Waals surface area contributed by atoms with Crippen LogP contribution in [0, 0.1) is 5.95 Å². The number of pyridine rings is 1. The molecule has 0 saturated heterocycles. The van der Waals surface area contributed by atoms with Crippen LogP contribution < -0.4 is 4.74 Å². The van der Waals surface area contributed by atoms with E-state index in [9.17, 15) is 18.0 Å². The molecule has 1 aromatic heterocycles. The molecule has 1 aromatic rings. The third-order valence-corrected chi connectivity index (χ3v) is 2.12. The van der Waals surface area contributed by atoms with Gasteiger partial charge in [-0.3, -0.25) is 4.79 Å². The van der Waals surface area contributed by atoms with E-state index in [1.807, 2.05) is 0 Å². The molecule has 94 valence electrons. The molecule has 0 amide bonds. The van der Waals surface area contributed by atoms with Gasteiger partial charge in [0.25, 0.3) is 6.43 Å². The van der Waals surface area contributed by atoms with Crippen molar-refractivity contribution in [2.75, 3.05) is 14.2 Å². The lowest BCUT2D eigenvalue weighted by atomic mass is 10.1. The van der Waals surface area contributed by atoms with Crippen LogP contribution >= 0.6 is 0 Å². The molecule has 0 saturated carbocycles. The second-order valence-corrected chi connectivity index (χ2v) is 3.06. The van der Waals surface area contributed by atoms with Crippen molar-refractivity contribution < 1.29 is 27.4 Å². The molecule has 1 rings (SSSR count). The zero-order chi connectivity index (χ0) is 13.0. The predicted octanol–water partition coefficient (Wildman–Crippen LogP) is 1.88. The van der Waals surface area contributed by atoms with Crippen molar-refractivity contribution in [3.8, 4) is 5.75 Å². The minimum Gasteiger partial charge on any atom is -0.495 e. The van der Waals surface area contributed by atoms with E-state index < -0.39 is 35.9 Å². The zero-order valence-electron chi connectivity index (χ0n) is 9.17. The first-order chi connectivity index (χ1) is 8.01. The molecule has 0 spiro atoms. The number of carbonyl (C=O) groups is 1. The van der Waals surface area contributed by atoms with Crippen LogP contribution in [0.1, 0.15) is 17.6 Å². The van der Waals surface area contributed by atoms with Gasteiger partial charge in [0.2, 0.25) is 5.95 Å². The lowest BCUT2D eigenvalue weighted by molar-refractivity contribution is -0.139. The fraction of sp³-hybridized carbons (Fsp3) is 0.400. The smallest absolute Gasteiger partial charge is 0.310 e. The van der Waals surface area contributed by atoms with Crippen LogP contribution in [-0.2, 0) is 16.0 Å². The maximum Gasteiger partial charge on any atom is 0.310 e. The molecule has 1 heterocycles. The van der Waals surface area contributed by atoms with Gasteiger partial charge in [-0.1, -0.05) is 0 Å². The number of carbonyl (C=O) groups excluding carboxylic acids is 1. The Balaban J connectivity index is 3.28. The van der Waals surface area contributed by atoms with Crippen LogP contribution in [0.3, 0.4) is 0 Å². The Labute approximate surface area is 95.4 Å². The molecule has 7 heteroatoms. The number of nitrogens with zero attached hydrogens (tertiary/aromatic N) is 1. The first kappa shape index (κ1) is 13.3. The number of esters is 1. The maximum absolute atomic E-state index is 13.3. The number of halogens is 3. The average molecular weight is 249 g/mol. The van der Waals surface area contributed by atoms with E-state index in [4.69, 9.17) is 0 Å². The standard InChI is InChI=1S/C10H10F3NO3/c1-16-6-4-14-10(13)5(3-7(15)17-2)8(6)9(11)12/h4,9H,3H2,1-2H3. The van der Waals surface area contributed by atoms with E-state index >= 15 is 0 Å². The zero-order valence-corrected chi connectivity index (χ0v) is 9.17. The first-order valence-electron chi connectivity index (χ1n) is 4.57. The summed E-state index contributed by atoms with van der Waals surface area (Å²) in [4.78, 5) is 14.3. The Bertz CT molecular complexity index is 424. The number of hydrogen-bond donors (Lipinski definition) is 0. The highest BCUT2D eigenvalue weighted by Gasteiger charge is 2.24. The Morgan fingerprint density at radius 1 is 1.47 bits per heavy atom. The summed E-state index contributed by atoms with van der Waals surface area (Å²) in [6, 6.07) is 0. The second-order valence-electron chi connectivity index (χ2n) is 3.06. The van der Waals surface area contributed by atoms with Gasteiger partial charge in [-0.2, -0.15) is 4.39 Å². The van der Waals surface area contributed by atoms with Gasteiger partial charge in [0.15, 0.2) is 0 Å². The van der Waals surface area contributed by atoms with E-state index in [2.05, 4.69) is 14.5 Å². The minimum atomic E-state index is -2.97. The molecule has 0 bridgehead atoms. The van der Waals surface area contributed by atoms with E-state index in [-0.39, 0.29) is 5.75 Å². The van der Waals surface area contributed by atoms with Crippen LogP contribution in [0.2, 0.25) is 0 Å². The van der Waals surface area contributed by atoms with Crippen molar-refractivity contribution in [3.05, 3.63) is 23.3 Å². The SMILES string of the molecule is COC(=O)Cc1c(F)ncc(OC)c1C(F)F. The number of ether oxygens (including phenoxy) is 2. The third kappa shape index (κ3) is 2.86. The fourth-order valence-corrected chi connectivity index (χ4v) is 1.31. The number of hydrogen-bond acceptors (Lipinski definition) is 4. The highest BCUT2D eigenvalue weighted by molar-refractivity contribution is 5.73. The van der Waals surface area contributed by atoms with Gasteiger partial charge in [0.05, 0.1) is 32.4 Å². The third-order valence-electron chi connectivity index (χ3n) is 2.12. The summed E-state index contributed by atoms with van der Waals surface area (Å²) in [7, 11) is 2.23. The summed E-state index contributed by atoms with van der Waals surface area (Å²) in [5, 5.41) is 0. The van der Waals surface area contributed by atoms with E-state index in [1.54, 1.807) is 0 Å². The summed E-state index contributed by atoms with van der Waals surface area (Å²) < 4.78 is 47.8. The second kappa shape index (κ2) is 5.51. The Morgan fingerprint density at radius 3 is 2.59 bits per heavy atom. The minimum absolute atomic E-state index is 0.264. The topological polar surface area (TPSA) is 48.4 Å². The van der Waals surface area contributed by atoms with Crippen LogP contribution in [0.25, 0.3) is 0 Å². The summed E-state index contributed by atoms with van der Waals surface area (Å²) >= 11 is 0. The number of aromatic nitrogens is 1. The monoisotopic (exact) mass is 249 g/mol. The lowest BCUT2D eigenvalue weighted by Gasteiger charge is -2.12. The van der Waals surface area contributed by atoms with Crippen LogP contribution in [0.4, 0.5) is 13.2 Å². The molecular weight excluding hydrogens is 239 g/mol. The maximum atomic E-state index is 13.3. The molecule has 17 heavy (non-hydrogen) atoms. The summed E-state index contributed by atoms with van der Waals surface area (Å²) in [5.41, 5.74) is -1.18. The average Bonchev–Trinajstić information content (AvgIpc) is 2.30. The molecule has 0 fully saturated rings. The Kier molecular flexibility index (Phi) is 4.30. The van der Waals surface area contributed by atoms with E-state index in [0.29, 0.717) is 0 Å². The predicted molar refractivity (Wildman–Crippen MR) is 51.4 cm³/mol. The Hall–Kier alpha value is -1.79.